The average Bonchev–Trinajstić information content (AvgIpc) is 3.44. The van der Waals surface area contributed by atoms with Crippen molar-refractivity contribution in [1.82, 2.24) is 34.5 Å². The smallest absolute Gasteiger partial charge is 0.394 e. The van der Waals surface area contributed by atoms with E-state index in [2.05, 4.69) is 30.6 Å². The molecule has 4 aromatic rings. The number of fused-ring (bicyclic) bond motifs is 1. The maximum Gasteiger partial charge on any atom is 0.436 e. The van der Waals surface area contributed by atoms with Gasteiger partial charge in [-0.2, -0.15) is 13.2 Å². The Hall–Kier alpha value is -4.20. The Morgan fingerprint density at radius 1 is 1.11 bits per heavy atom. The molecule has 182 valence electrons. The molecular formula is C21H19F3N8O3. The van der Waals surface area contributed by atoms with Gasteiger partial charge in [0.2, 0.25) is 5.91 Å². The lowest BCUT2D eigenvalue weighted by Crippen LogP contribution is -2.30. The number of aliphatic hydroxyl groups excluding tert-OH is 1. The first-order valence-corrected chi connectivity index (χ1v) is 10.2. The Bertz CT molecular complexity index is 1410. The minimum absolute atomic E-state index is 0.146. The summed E-state index contributed by atoms with van der Waals surface area (Å²) in [4.78, 5) is 37.8. The van der Waals surface area contributed by atoms with Crippen molar-refractivity contribution in [2.24, 2.45) is 0 Å². The molecule has 0 fully saturated rings. The highest BCUT2D eigenvalue weighted by atomic mass is 19.4. The summed E-state index contributed by atoms with van der Waals surface area (Å²) >= 11 is 0. The Morgan fingerprint density at radius 3 is 2.57 bits per heavy atom. The molecule has 4 rings (SSSR count). The second-order valence-electron chi connectivity index (χ2n) is 8.28. The summed E-state index contributed by atoms with van der Waals surface area (Å²) in [5.74, 6) is -1.11. The van der Waals surface area contributed by atoms with Crippen LogP contribution in [0.1, 0.15) is 35.5 Å². The molecule has 35 heavy (non-hydrogen) atoms. The quantitative estimate of drug-likeness (QED) is 0.377. The number of aliphatic hydroxyl groups is 1. The third-order valence-electron chi connectivity index (χ3n) is 5.17. The van der Waals surface area contributed by atoms with Crippen LogP contribution in [0.25, 0.3) is 11.0 Å². The number of anilines is 1. The highest BCUT2D eigenvalue weighted by molar-refractivity contribution is 6.16. The third kappa shape index (κ3) is 4.87. The Morgan fingerprint density at radius 2 is 1.89 bits per heavy atom. The molecule has 0 aliphatic carbocycles. The van der Waals surface area contributed by atoms with Gasteiger partial charge >= 0.3 is 6.18 Å². The zero-order chi connectivity index (χ0) is 25.4. The van der Waals surface area contributed by atoms with E-state index in [0.717, 1.165) is 4.68 Å². The number of rotatable bonds is 7. The van der Waals surface area contributed by atoms with E-state index < -0.39 is 35.6 Å². The summed E-state index contributed by atoms with van der Waals surface area (Å²) in [6.45, 7) is 2.84. The number of carbonyl (C=O) groups excluding carboxylic acids is 2. The average molecular weight is 488 g/mol. The monoisotopic (exact) mass is 488 g/mol. The lowest BCUT2D eigenvalue weighted by Gasteiger charge is -2.24. The predicted octanol–water partition coefficient (Wildman–Crippen LogP) is 2.03. The lowest BCUT2D eigenvalue weighted by atomic mass is 10.1. The molecule has 2 N–H and O–H groups in total. The van der Waals surface area contributed by atoms with Crippen LogP contribution in [0.5, 0.6) is 0 Å². The molecule has 0 atom stereocenters. The number of pyridine rings is 1. The third-order valence-corrected chi connectivity index (χ3v) is 5.17. The molecule has 1 amide bonds. The number of aromatic nitrogens is 7. The molecule has 0 saturated carbocycles. The van der Waals surface area contributed by atoms with Crippen molar-refractivity contribution in [2.75, 3.05) is 11.9 Å². The van der Waals surface area contributed by atoms with Gasteiger partial charge in [0, 0.05) is 29.5 Å². The van der Waals surface area contributed by atoms with E-state index in [9.17, 15) is 27.9 Å². The van der Waals surface area contributed by atoms with Crippen LogP contribution < -0.4 is 5.32 Å². The fourth-order valence-corrected chi connectivity index (χ4v) is 3.32. The van der Waals surface area contributed by atoms with Gasteiger partial charge in [-0.3, -0.25) is 14.6 Å². The first-order chi connectivity index (χ1) is 16.5. The van der Waals surface area contributed by atoms with Crippen LogP contribution in [-0.2, 0) is 23.1 Å². The number of nitrogens with zero attached hydrogens (tertiary/aromatic N) is 7. The van der Waals surface area contributed by atoms with Gasteiger partial charge in [0.15, 0.2) is 11.5 Å². The molecule has 4 aromatic heterocycles. The number of ketones is 1. The van der Waals surface area contributed by atoms with Crippen molar-refractivity contribution in [3.05, 3.63) is 60.2 Å². The topological polar surface area (TPSA) is 141 Å². The fourth-order valence-electron chi connectivity index (χ4n) is 3.32. The zero-order valence-corrected chi connectivity index (χ0v) is 18.5. The van der Waals surface area contributed by atoms with Crippen molar-refractivity contribution in [3.8, 4) is 0 Å². The first-order valence-electron chi connectivity index (χ1n) is 10.2. The first kappa shape index (κ1) is 23.9. The number of amides is 1. The van der Waals surface area contributed by atoms with Crippen LogP contribution in [-0.4, -0.2) is 57.9 Å². The van der Waals surface area contributed by atoms with Crippen LogP contribution in [0, 0.1) is 0 Å². The summed E-state index contributed by atoms with van der Waals surface area (Å²) in [5.41, 5.74) is -0.917. The summed E-state index contributed by atoms with van der Waals surface area (Å²) in [7, 11) is 0. The number of alkyl halides is 3. The highest BCUT2D eigenvalue weighted by Gasteiger charge is 2.34. The minimum Gasteiger partial charge on any atom is -0.394 e. The Kier molecular flexibility index (Phi) is 6.06. The van der Waals surface area contributed by atoms with Gasteiger partial charge in [-0.1, -0.05) is 5.21 Å². The molecule has 0 spiro atoms. The Labute approximate surface area is 195 Å². The molecule has 0 aliphatic heterocycles. The van der Waals surface area contributed by atoms with Crippen LogP contribution in [0.3, 0.4) is 0 Å². The highest BCUT2D eigenvalue weighted by Crippen LogP contribution is 2.28. The van der Waals surface area contributed by atoms with Crippen molar-refractivity contribution in [2.45, 2.75) is 32.1 Å². The molecular weight excluding hydrogens is 469 g/mol. The lowest BCUT2D eigenvalue weighted by molar-refractivity contribution is -0.141. The molecule has 0 aliphatic rings. The van der Waals surface area contributed by atoms with E-state index in [4.69, 9.17) is 0 Å². The zero-order valence-electron chi connectivity index (χ0n) is 18.5. The van der Waals surface area contributed by atoms with E-state index >= 15 is 0 Å². The number of hydrogen-bond acceptors (Lipinski definition) is 8. The molecule has 0 unspecified atom stereocenters. The minimum atomic E-state index is -4.67. The van der Waals surface area contributed by atoms with Gasteiger partial charge in [-0.05, 0) is 19.9 Å². The van der Waals surface area contributed by atoms with Crippen molar-refractivity contribution in [3.63, 3.8) is 0 Å². The molecule has 14 heteroatoms. The van der Waals surface area contributed by atoms with Crippen molar-refractivity contribution in [1.29, 1.82) is 0 Å². The van der Waals surface area contributed by atoms with E-state index in [0.29, 0.717) is 17.2 Å². The predicted molar refractivity (Wildman–Crippen MR) is 115 cm³/mol. The normalized spacial score (nSPS) is 12.2. The molecule has 0 aromatic carbocycles. The van der Waals surface area contributed by atoms with E-state index in [1.54, 1.807) is 24.6 Å². The second kappa shape index (κ2) is 8.87. The molecule has 0 bridgehead atoms. The van der Waals surface area contributed by atoms with Gasteiger partial charge in [0.05, 0.1) is 35.8 Å². The fraction of sp³-hybridized carbons (Fsp3) is 0.286. The standard InChI is InChI=1S/C21H19F3N8O3/c1-20(2,10-33)32-7-15(14-6-26-11-27-19(14)32)18(35)12-3-13(5-25-4-12)28-17(34)9-31-8-16(29-30-31)21(22,23)24/h3-8,11,33H,9-10H2,1-2H3,(H,28,34). The maximum atomic E-state index is 13.3. The number of halogens is 3. The molecule has 0 saturated heterocycles. The van der Waals surface area contributed by atoms with Gasteiger partial charge in [0.25, 0.3) is 0 Å². The van der Waals surface area contributed by atoms with Gasteiger partial charge in [0.1, 0.15) is 18.5 Å². The van der Waals surface area contributed by atoms with Crippen LogP contribution in [0.15, 0.2) is 43.4 Å². The van der Waals surface area contributed by atoms with E-state index in [1.807, 2.05) is 0 Å². The number of hydrogen-bond donors (Lipinski definition) is 2. The number of carbonyl (C=O) groups is 2. The van der Waals surface area contributed by atoms with Crippen molar-refractivity contribution < 1.29 is 27.9 Å². The number of nitrogens with one attached hydrogen (secondary N) is 1. The molecule has 4 heterocycles. The summed E-state index contributed by atoms with van der Waals surface area (Å²) in [6.07, 6.45) is 2.95. The second-order valence-corrected chi connectivity index (χ2v) is 8.28. The van der Waals surface area contributed by atoms with E-state index in [-0.39, 0.29) is 23.4 Å². The van der Waals surface area contributed by atoms with Gasteiger partial charge in [-0.15, -0.1) is 5.10 Å². The van der Waals surface area contributed by atoms with Gasteiger partial charge < -0.3 is 15.0 Å². The largest absolute Gasteiger partial charge is 0.436 e. The van der Waals surface area contributed by atoms with E-state index in [1.165, 1.54) is 31.0 Å². The van der Waals surface area contributed by atoms with Gasteiger partial charge in [-0.25, -0.2) is 14.6 Å². The summed E-state index contributed by atoms with van der Waals surface area (Å²) in [5, 5.41) is 19.0. The molecule has 11 nitrogen and oxygen atoms in total. The van der Waals surface area contributed by atoms with Crippen LogP contribution >= 0.6 is 0 Å². The Balaban J connectivity index is 1.57. The van der Waals surface area contributed by atoms with Crippen molar-refractivity contribution >= 4 is 28.4 Å². The maximum absolute atomic E-state index is 13.3. The SMILES string of the molecule is CC(C)(CO)n1cc(C(=O)c2cncc(NC(=O)Cn3cc(C(F)(F)F)nn3)c2)c2cncnc21. The summed E-state index contributed by atoms with van der Waals surface area (Å²) < 4.78 is 40.4. The summed E-state index contributed by atoms with van der Waals surface area (Å²) in [6, 6.07) is 1.39. The van der Waals surface area contributed by atoms with Crippen LogP contribution in [0.2, 0.25) is 0 Å². The van der Waals surface area contributed by atoms with Crippen LogP contribution in [0.4, 0.5) is 18.9 Å². The molecule has 0 radical (unpaired) electrons.